The lowest BCUT2D eigenvalue weighted by molar-refractivity contribution is -0.121. The lowest BCUT2D eigenvalue weighted by Crippen LogP contribution is -2.31. The molecule has 0 radical (unpaired) electrons. The lowest BCUT2D eigenvalue weighted by atomic mass is 9.87. The number of primary amides is 1. The van der Waals surface area contributed by atoms with Gasteiger partial charge in [0, 0.05) is 12.3 Å². The average Bonchev–Trinajstić information content (AvgIpc) is 2.67. The van der Waals surface area contributed by atoms with Crippen LogP contribution in [-0.2, 0) is 9.59 Å². The van der Waals surface area contributed by atoms with Crippen LogP contribution in [0.2, 0.25) is 0 Å². The number of thioether (sulfide) groups is 1. The number of rotatable bonds is 6. The van der Waals surface area contributed by atoms with Crippen LogP contribution in [0, 0.1) is 11.3 Å². The second-order valence-corrected chi connectivity index (χ2v) is 6.89. The molecule has 0 unspecified atom stereocenters. The van der Waals surface area contributed by atoms with Crippen LogP contribution >= 0.6 is 11.8 Å². The Kier molecular flexibility index (Phi) is 5.79. The first-order valence-electron chi connectivity index (χ1n) is 8.25. The van der Waals surface area contributed by atoms with Crippen LogP contribution in [0.15, 0.2) is 65.2 Å². The van der Waals surface area contributed by atoms with Crippen LogP contribution in [-0.4, -0.2) is 17.6 Å². The molecule has 2 aromatic carbocycles. The minimum atomic E-state index is -0.514. The maximum atomic E-state index is 12.1. The predicted octanol–water partition coefficient (Wildman–Crippen LogP) is 3.04. The number of nitrogens with zero attached hydrogens (tertiary/aromatic N) is 1. The zero-order valence-electron chi connectivity index (χ0n) is 14.3. The molecule has 1 aliphatic rings. The maximum Gasteiger partial charge on any atom is 0.227 e. The van der Waals surface area contributed by atoms with Gasteiger partial charge in [-0.25, -0.2) is 0 Å². The van der Waals surface area contributed by atoms with Gasteiger partial charge in [-0.2, -0.15) is 5.26 Å². The molecule has 6 nitrogen and oxygen atoms in total. The zero-order chi connectivity index (χ0) is 19.2. The second kappa shape index (κ2) is 8.43. The number of nitriles is 1. The first-order chi connectivity index (χ1) is 13.1. The topological polar surface area (TPSA) is 105 Å². The summed E-state index contributed by atoms with van der Waals surface area (Å²) in [4.78, 5) is 23.2. The molecule has 0 aliphatic carbocycles. The smallest absolute Gasteiger partial charge is 0.227 e. The minimum absolute atomic E-state index is 0.00925. The highest BCUT2D eigenvalue weighted by molar-refractivity contribution is 8.03. The highest BCUT2D eigenvalue weighted by Gasteiger charge is 2.30. The van der Waals surface area contributed by atoms with Crippen molar-refractivity contribution in [3.63, 3.8) is 0 Å². The standard InChI is InChI=1S/C20H17N3O3S/c21-11-17-16(10-19(25)23-20(17)27-12-18(22)24)13-5-4-8-15(9-13)26-14-6-2-1-3-7-14/h1-9,16H,10,12H2,(H2,22,24)(H,23,25)/t16-/m0/s1. The molecule has 0 fully saturated rings. The monoisotopic (exact) mass is 379 g/mol. The van der Waals surface area contributed by atoms with Crippen molar-refractivity contribution in [3.8, 4) is 17.6 Å². The van der Waals surface area contributed by atoms with Gasteiger partial charge in [0.25, 0.3) is 0 Å². The van der Waals surface area contributed by atoms with E-state index < -0.39 is 11.8 Å². The third kappa shape index (κ3) is 4.68. The number of allylic oxidation sites excluding steroid dienone is 1. The summed E-state index contributed by atoms with van der Waals surface area (Å²) in [5, 5.41) is 12.7. The number of carbonyl (C=O) groups is 2. The average molecular weight is 379 g/mol. The van der Waals surface area contributed by atoms with Crippen LogP contribution in [0.4, 0.5) is 0 Å². The van der Waals surface area contributed by atoms with E-state index in [0.29, 0.717) is 22.1 Å². The quantitative estimate of drug-likeness (QED) is 0.802. The Morgan fingerprint density at radius 3 is 2.67 bits per heavy atom. The van der Waals surface area contributed by atoms with Crippen molar-refractivity contribution in [1.29, 1.82) is 5.26 Å². The van der Waals surface area contributed by atoms with Gasteiger partial charge < -0.3 is 15.8 Å². The molecule has 2 amide bonds. The summed E-state index contributed by atoms with van der Waals surface area (Å²) in [6.45, 7) is 0. The van der Waals surface area contributed by atoms with E-state index in [0.717, 1.165) is 17.3 Å². The van der Waals surface area contributed by atoms with Crippen molar-refractivity contribution >= 4 is 23.6 Å². The molecule has 0 spiro atoms. The molecule has 1 aliphatic heterocycles. The molecule has 7 heteroatoms. The molecule has 1 heterocycles. The van der Waals surface area contributed by atoms with E-state index in [-0.39, 0.29) is 18.1 Å². The fraction of sp³-hybridized carbons (Fsp3) is 0.150. The Morgan fingerprint density at radius 1 is 1.22 bits per heavy atom. The van der Waals surface area contributed by atoms with Crippen LogP contribution < -0.4 is 15.8 Å². The zero-order valence-corrected chi connectivity index (χ0v) is 15.2. The van der Waals surface area contributed by atoms with Gasteiger partial charge in [0.2, 0.25) is 11.8 Å². The fourth-order valence-electron chi connectivity index (χ4n) is 2.78. The number of ether oxygens (including phenoxy) is 1. The van der Waals surface area contributed by atoms with Crippen molar-refractivity contribution < 1.29 is 14.3 Å². The van der Waals surface area contributed by atoms with Gasteiger partial charge in [-0.15, -0.1) is 0 Å². The van der Waals surface area contributed by atoms with Gasteiger partial charge in [0.15, 0.2) is 0 Å². The molecule has 0 bridgehead atoms. The summed E-state index contributed by atoms with van der Waals surface area (Å²) in [7, 11) is 0. The fourth-order valence-corrected chi connectivity index (χ4v) is 3.60. The number of hydrogen-bond acceptors (Lipinski definition) is 5. The Labute approximate surface area is 161 Å². The largest absolute Gasteiger partial charge is 0.457 e. The highest BCUT2D eigenvalue weighted by atomic mass is 32.2. The molecular formula is C20H17N3O3S. The van der Waals surface area contributed by atoms with Crippen molar-refractivity contribution in [2.75, 3.05) is 5.75 Å². The molecule has 3 rings (SSSR count). The summed E-state index contributed by atoms with van der Waals surface area (Å²) in [5.74, 6) is 0.182. The molecular weight excluding hydrogens is 362 g/mol. The van der Waals surface area contributed by atoms with Gasteiger partial charge in [-0.1, -0.05) is 42.1 Å². The Bertz CT molecular complexity index is 935. The number of nitrogens with two attached hydrogens (primary N) is 1. The van der Waals surface area contributed by atoms with E-state index in [9.17, 15) is 14.9 Å². The van der Waals surface area contributed by atoms with E-state index in [1.165, 1.54) is 0 Å². The van der Waals surface area contributed by atoms with Crippen LogP contribution in [0.25, 0.3) is 0 Å². The summed E-state index contributed by atoms with van der Waals surface area (Å²) >= 11 is 1.07. The summed E-state index contributed by atoms with van der Waals surface area (Å²) in [6, 6.07) is 18.8. The summed E-state index contributed by atoms with van der Waals surface area (Å²) in [5.41, 5.74) is 6.39. The van der Waals surface area contributed by atoms with Gasteiger partial charge in [0.05, 0.1) is 22.4 Å². The van der Waals surface area contributed by atoms with Crippen molar-refractivity contribution in [2.45, 2.75) is 12.3 Å². The van der Waals surface area contributed by atoms with E-state index in [4.69, 9.17) is 10.5 Å². The van der Waals surface area contributed by atoms with Crippen molar-refractivity contribution in [2.24, 2.45) is 5.73 Å². The molecule has 0 saturated carbocycles. The minimum Gasteiger partial charge on any atom is -0.457 e. The number of benzene rings is 2. The molecule has 27 heavy (non-hydrogen) atoms. The SMILES string of the molecule is N#CC1=C(SCC(N)=O)NC(=O)C[C@H]1c1cccc(Oc2ccccc2)c1. The van der Waals surface area contributed by atoms with E-state index in [1.807, 2.05) is 54.6 Å². The molecule has 1 atom stereocenters. The second-order valence-electron chi connectivity index (χ2n) is 5.90. The van der Waals surface area contributed by atoms with Gasteiger partial charge in [0.1, 0.15) is 11.5 Å². The third-order valence-corrected chi connectivity index (χ3v) is 4.99. The number of hydrogen-bond donors (Lipinski definition) is 2. The van der Waals surface area contributed by atoms with Gasteiger partial charge in [-0.3, -0.25) is 9.59 Å². The van der Waals surface area contributed by atoms with Crippen LogP contribution in [0.1, 0.15) is 17.9 Å². The third-order valence-electron chi connectivity index (χ3n) is 3.95. The van der Waals surface area contributed by atoms with E-state index in [1.54, 1.807) is 0 Å². The van der Waals surface area contributed by atoms with Gasteiger partial charge in [-0.05, 0) is 29.8 Å². The highest BCUT2D eigenvalue weighted by Crippen LogP contribution is 2.37. The van der Waals surface area contributed by atoms with Gasteiger partial charge >= 0.3 is 0 Å². The number of amides is 2. The van der Waals surface area contributed by atoms with E-state index in [2.05, 4.69) is 11.4 Å². The summed E-state index contributed by atoms with van der Waals surface area (Å²) < 4.78 is 5.85. The van der Waals surface area contributed by atoms with Crippen molar-refractivity contribution in [1.82, 2.24) is 5.32 Å². The molecule has 3 N–H and O–H groups in total. The van der Waals surface area contributed by atoms with Crippen LogP contribution in [0.5, 0.6) is 11.5 Å². The molecule has 0 aromatic heterocycles. The Balaban J connectivity index is 1.90. The summed E-state index contributed by atoms with van der Waals surface area (Å²) in [6.07, 6.45) is 0.151. The van der Waals surface area contributed by atoms with E-state index >= 15 is 0 Å². The Hall–Kier alpha value is -3.24. The van der Waals surface area contributed by atoms with Crippen LogP contribution in [0.3, 0.4) is 0 Å². The first-order valence-corrected chi connectivity index (χ1v) is 9.23. The lowest BCUT2D eigenvalue weighted by Gasteiger charge is -2.25. The number of nitrogens with one attached hydrogen (secondary N) is 1. The normalized spacial score (nSPS) is 16.4. The Morgan fingerprint density at radius 2 is 1.96 bits per heavy atom. The number of para-hydroxylation sites is 1. The maximum absolute atomic E-state index is 12.1. The molecule has 2 aromatic rings. The first kappa shape index (κ1) is 18.5. The number of carbonyl (C=O) groups excluding carboxylic acids is 2. The predicted molar refractivity (Wildman–Crippen MR) is 103 cm³/mol. The molecule has 136 valence electrons. The molecule has 0 saturated heterocycles. The van der Waals surface area contributed by atoms with Crippen molar-refractivity contribution in [3.05, 3.63) is 70.8 Å².